The van der Waals surface area contributed by atoms with Gasteiger partial charge in [-0.15, -0.1) is 0 Å². The van der Waals surface area contributed by atoms with E-state index in [-0.39, 0.29) is 0 Å². The molecule has 0 aliphatic heterocycles. The molecule has 1 aromatic carbocycles. The van der Waals surface area contributed by atoms with Crippen LogP contribution in [0, 0.1) is 13.8 Å². The number of nitrogens with two attached hydrogens (primary N) is 1. The minimum atomic E-state index is 0.451. The lowest BCUT2D eigenvalue weighted by Gasteiger charge is -2.16. The van der Waals surface area contributed by atoms with Crippen molar-refractivity contribution in [3.63, 3.8) is 0 Å². The number of aryl methyl sites for hydroxylation is 1. The van der Waals surface area contributed by atoms with Crippen LogP contribution in [0.4, 0.5) is 5.82 Å². The lowest BCUT2D eigenvalue weighted by Crippen LogP contribution is -1.98. The fraction of sp³-hybridized carbons (Fsp3) is 0.308. The largest absolute Gasteiger partial charge is 0.493 e. The highest BCUT2D eigenvalue weighted by Gasteiger charge is 2.18. The summed E-state index contributed by atoms with van der Waals surface area (Å²) in [5, 5.41) is 6.86. The Morgan fingerprint density at radius 1 is 1.17 bits per heavy atom. The molecule has 0 bridgehead atoms. The van der Waals surface area contributed by atoms with E-state index in [9.17, 15) is 0 Å². The van der Waals surface area contributed by atoms with Gasteiger partial charge in [0.2, 0.25) is 0 Å². The van der Waals surface area contributed by atoms with Crippen molar-refractivity contribution in [3.05, 3.63) is 23.3 Å². The van der Waals surface area contributed by atoms with E-state index in [1.807, 2.05) is 19.9 Å². The molecule has 18 heavy (non-hydrogen) atoms. The summed E-state index contributed by atoms with van der Waals surface area (Å²) in [7, 11) is 3.24. The zero-order chi connectivity index (χ0) is 13.3. The molecule has 0 radical (unpaired) electrons. The van der Waals surface area contributed by atoms with Crippen molar-refractivity contribution in [2.75, 3.05) is 20.0 Å². The van der Waals surface area contributed by atoms with Crippen molar-refractivity contribution in [2.24, 2.45) is 0 Å². The minimum absolute atomic E-state index is 0.451. The molecule has 0 saturated carbocycles. The number of hydrogen-bond acceptors (Lipinski definition) is 4. The summed E-state index contributed by atoms with van der Waals surface area (Å²) in [6.07, 6.45) is 0. The minimum Gasteiger partial charge on any atom is -0.493 e. The molecular formula is C13H17N3O2. The van der Waals surface area contributed by atoms with Crippen molar-refractivity contribution >= 4 is 5.82 Å². The maximum Gasteiger partial charge on any atom is 0.170 e. The van der Waals surface area contributed by atoms with Crippen LogP contribution in [0.2, 0.25) is 0 Å². The molecule has 5 heteroatoms. The summed E-state index contributed by atoms with van der Waals surface area (Å²) < 4.78 is 10.8. The summed E-state index contributed by atoms with van der Waals surface area (Å²) in [4.78, 5) is 0. The number of benzene rings is 1. The maximum absolute atomic E-state index is 5.65. The van der Waals surface area contributed by atoms with Crippen molar-refractivity contribution in [1.82, 2.24) is 10.2 Å². The third-order valence-electron chi connectivity index (χ3n) is 3.06. The predicted molar refractivity (Wildman–Crippen MR) is 71.0 cm³/mol. The number of anilines is 1. The number of nitrogens with zero attached hydrogens (tertiary/aromatic N) is 1. The molecule has 0 unspecified atom stereocenters. The third kappa shape index (κ3) is 1.88. The lowest BCUT2D eigenvalue weighted by atomic mass is 9.99. The summed E-state index contributed by atoms with van der Waals surface area (Å²) >= 11 is 0. The Hall–Kier alpha value is -2.17. The van der Waals surface area contributed by atoms with Crippen molar-refractivity contribution in [2.45, 2.75) is 13.8 Å². The van der Waals surface area contributed by atoms with Gasteiger partial charge in [0.05, 0.1) is 19.9 Å². The van der Waals surface area contributed by atoms with E-state index in [1.54, 1.807) is 20.3 Å². The van der Waals surface area contributed by atoms with Crippen LogP contribution >= 0.6 is 0 Å². The Kier molecular flexibility index (Phi) is 3.14. The molecule has 96 valence electrons. The van der Waals surface area contributed by atoms with E-state index < -0.39 is 0 Å². The number of H-pyrrole nitrogens is 1. The summed E-state index contributed by atoms with van der Waals surface area (Å²) in [6.45, 7) is 4.06. The smallest absolute Gasteiger partial charge is 0.170 e. The normalized spacial score (nSPS) is 10.4. The van der Waals surface area contributed by atoms with Crippen LogP contribution in [0.5, 0.6) is 11.5 Å². The molecule has 0 aliphatic rings. The maximum atomic E-state index is 5.65. The molecule has 0 atom stereocenters. The summed E-state index contributed by atoms with van der Waals surface area (Å²) in [5.74, 6) is 1.83. The average molecular weight is 247 g/mol. The van der Waals surface area contributed by atoms with Crippen LogP contribution in [-0.2, 0) is 0 Å². The quantitative estimate of drug-likeness (QED) is 0.872. The van der Waals surface area contributed by atoms with Gasteiger partial charge >= 0.3 is 0 Å². The first-order valence-electron chi connectivity index (χ1n) is 5.62. The Bertz CT molecular complexity index is 576. The third-order valence-corrected chi connectivity index (χ3v) is 3.06. The average Bonchev–Trinajstić information content (AvgIpc) is 2.78. The van der Waals surface area contributed by atoms with Crippen molar-refractivity contribution < 1.29 is 9.47 Å². The fourth-order valence-corrected chi connectivity index (χ4v) is 2.00. The molecule has 1 aromatic heterocycles. The van der Waals surface area contributed by atoms with E-state index in [4.69, 9.17) is 15.2 Å². The van der Waals surface area contributed by atoms with Crippen LogP contribution in [-0.4, -0.2) is 24.4 Å². The zero-order valence-electron chi connectivity index (χ0n) is 11.0. The van der Waals surface area contributed by atoms with Gasteiger partial charge < -0.3 is 15.2 Å². The van der Waals surface area contributed by atoms with Gasteiger partial charge in [0.15, 0.2) is 11.5 Å². The SMILES string of the molecule is COc1cc(C)c(C)c(-c2cc(N)n[nH]2)c1OC. The first kappa shape index (κ1) is 12.3. The second-order valence-electron chi connectivity index (χ2n) is 4.14. The number of nitrogen functional groups attached to an aromatic ring is 1. The monoisotopic (exact) mass is 247 g/mol. The van der Waals surface area contributed by atoms with Gasteiger partial charge in [0.25, 0.3) is 0 Å². The molecule has 2 aromatic rings. The number of methoxy groups -OCH3 is 2. The zero-order valence-corrected chi connectivity index (χ0v) is 11.0. The molecular weight excluding hydrogens is 230 g/mol. The Morgan fingerprint density at radius 3 is 2.39 bits per heavy atom. The second kappa shape index (κ2) is 4.60. The van der Waals surface area contributed by atoms with Gasteiger partial charge in [-0.1, -0.05) is 0 Å². The van der Waals surface area contributed by atoms with Gasteiger partial charge in [0, 0.05) is 11.6 Å². The second-order valence-corrected chi connectivity index (χ2v) is 4.14. The standard InChI is InChI=1S/C13H17N3O2/c1-7-5-10(17-3)13(18-4)12(8(7)2)9-6-11(14)16-15-9/h5-6H,1-4H3,(H3,14,15,16). The number of aromatic amines is 1. The summed E-state index contributed by atoms with van der Waals surface area (Å²) in [5.41, 5.74) is 9.63. The lowest BCUT2D eigenvalue weighted by molar-refractivity contribution is 0.355. The molecule has 3 N–H and O–H groups in total. The number of nitrogens with one attached hydrogen (secondary N) is 1. The fourth-order valence-electron chi connectivity index (χ4n) is 2.00. The van der Waals surface area contributed by atoms with E-state index in [2.05, 4.69) is 10.2 Å². The topological polar surface area (TPSA) is 73.2 Å². The molecule has 0 aliphatic carbocycles. The number of hydrogen-bond donors (Lipinski definition) is 2. The number of aromatic nitrogens is 2. The van der Waals surface area contributed by atoms with E-state index in [0.717, 1.165) is 22.4 Å². The molecule has 5 nitrogen and oxygen atoms in total. The van der Waals surface area contributed by atoms with Gasteiger partial charge in [-0.3, -0.25) is 5.10 Å². The molecule has 1 heterocycles. The van der Waals surface area contributed by atoms with E-state index >= 15 is 0 Å². The Morgan fingerprint density at radius 2 is 1.89 bits per heavy atom. The number of rotatable bonds is 3. The molecule has 0 saturated heterocycles. The van der Waals surface area contributed by atoms with Crippen molar-refractivity contribution in [3.8, 4) is 22.8 Å². The van der Waals surface area contributed by atoms with E-state index in [0.29, 0.717) is 17.3 Å². The molecule has 0 amide bonds. The van der Waals surface area contributed by atoms with Gasteiger partial charge in [-0.25, -0.2) is 0 Å². The van der Waals surface area contributed by atoms with Crippen molar-refractivity contribution in [1.29, 1.82) is 0 Å². The molecule has 0 fully saturated rings. The van der Waals surface area contributed by atoms with Gasteiger partial charge in [0.1, 0.15) is 5.82 Å². The van der Waals surface area contributed by atoms with Crippen LogP contribution in [0.1, 0.15) is 11.1 Å². The van der Waals surface area contributed by atoms with Crippen LogP contribution in [0.25, 0.3) is 11.3 Å². The first-order valence-corrected chi connectivity index (χ1v) is 5.62. The molecule has 0 spiro atoms. The van der Waals surface area contributed by atoms with Gasteiger partial charge in [-0.2, -0.15) is 5.10 Å². The first-order chi connectivity index (χ1) is 8.58. The van der Waals surface area contributed by atoms with Crippen LogP contribution in [0.15, 0.2) is 12.1 Å². The van der Waals surface area contributed by atoms with Crippen LogP contribution in [0.3, 0.4) is 0 Å². The Labute approximate surface area is 106 Å². The molecule has 2 rings (SSSR count). The predicted octanol–water partition coefficient (Wildman–Crippen LogP) is 2.29. The van der Waals surface area contributed by atoms with Crippen LogP contribution < -0.4 is 15.2 Å². The highest BCUT2D eigenvalue weighted by Crippen LogP contribution is 2.41. The van der Waals surface area contributed by atoms with Gasteiger partial charge in [-0.05, 0) is 31.0 Å². The highest BCUT2D eigenvalue weighted by molar-refractivity contribution is 5.77. The van der Waals surface area contributed by atoms with E-state index in [1.165, 1.54) is 0 Å². The highest BCUT2D eigenvalue weighted by atomic mass is 16.5. The summed E-state index contributed by atoms with van der Waals surface area (Å²) in [6, 6.07) is 3.74. The number of ether oxygens (including phenoxy) is 2. The Balaban J connectivity index is 2.74.